The summed E-state index contributed by atoms with van der Waals surface area (Å²) in [7, 11) is 1.70. The molecule has 2 aliphatic heterocycles. The minimum Gasteiger partial charge on any atom is -0.384 e. The van der Waals surface area contributed by atoms with E-state index in [-0.39, 0.29) is 30.1 Å². The molecule has 2 aliphatic rings. The van der Waals surface area contributed by atoms with Crippen molar-refractivity contribution in [3.8, 4) is 0 Å². The van der Waals surface area contributed by atoms with Gasteiger partial charge in [0.25, 0.3) is 0 Å². The molecule has 132 valence electrons. The largest absolute Gasteiger partial charge is 0.384 e. The Kier molecular flexibility index (Phi) is 7.26. The van der Waals surface area contributed by atoms with E-state index < -0.39 is 0 Å². The van der Waals surface area contributed by atoms with E-state index in [4.69, 9.17) is 9.47 Å². The van der Waals surface area contributed by atoms with Crippen LogP contribution in [0.5, 0.6) is 0 Å². The number of morpholine rings is 1. The third-order valence-electron chi connectivity index (χ3n) is 4.71. The first-order chi connectivity index (χ1) is 11.2. The van der Waals surface area contributed by atoms with Crippen LogP contribution in [-0.2, 0) is 19.1 Å². The van der Waals surface area contributed by atoms with Crippen LogP contribution >= 0.6 is 0 Å². The number of amides is 2. The maximum atomic E-state index is 12.1. The van der Waals surface area contributed by atoms with Gasteiger partial charge in [-0.25, -0.2) is 0 Å². The molecule has 2 fully saturated rings. The van der Waals surface area contributed by atoms with Crippen LogP contribution in [0.2, 0.25) is 0 Å². The normalized spacial score (nSPS) is 21.0. The zero-order valence-electron chi connectivity index (χ0n) is 14.1. The van der Waals surface area contributed by atoms with Crippen LogP contribution in [0.3, 0.4) is 0 Å². The van der Waals surface area contributed by atoms with Crippen molar-refractivity contribution in [3.63, 3.8) is 0 Å². The van der Waals surface area contributed by atoms with Crippen LogP contribution in [0.1, 0.15) is 25.7 Å². The maximum Gasteiger partial charge on any atom is 0.223 e. The molecule has 0 saturated carbocycles. The fraction of sp³-hybridized carbons (Fsp3) is 0.875. The summed E-state index contributed by atoms with van der Waals surface area (Å²) in [6, 6.07) is 0. The second-order valence-electron chi connectivity index (χ2n) is 6.45. The third kappa shape index (κ3) is 5.75. The summed E-state index contributed by atoms with van der Waals surface area (Å²) in [6.07, 6.45) is 2.50. The lowest BCUT2D eigenvalue weighted by Gasteiger charge is -2.37. The summed E-state index contributed by atoms with van der Waals surface area (Å²) in [6.45, 7) is 5.62. The number of methoxy groups -OCH3 is 1. The van der Waals surface area contributed by atoms with Gasteiger partial charge < -0.3 is 25.0 Å². The molecule has 0 aromatic heterocycles. The number of rotatable bonds is 7. The Labute approximate surface area is 138 Å². The van der Waals surface area contributed by atoms with Gasteiger partial charge in [-0.1, -0.05) is 0 Å². The van der Waals surface area contributed by atoms with E-state index in [1.165, 1.54) is 0 Å². The van der Waals surface area contributed by atoms with Crippen molar-refractivity contribution in [2.75, 3.05) is 59.7 Å². The zero-order valence-corrected chi connectivity index (χ0v) is 14.1. The highest BCUT2D eigenvalue weighted by Gasteiger charge is 2.32. The van der Waals surface area contributed by atoms with Crippen LogP contribution < -0.4 is 10.6 Å². The number of piperidine rings is 1. The Balaban J connectivity index is 1.70. The average molecular weight is 327 g/mol. The second kappa shape index (κ2) is 9.20. The number of carbonyl (C=O) groups excluding carboxylic acids is 2. The molecular formula is C16H29N3O4. The smallest absolute Gasteiger partial charge is 0.223 e. The van der Waals surface area contributed by atoms with Gasteiger partial charge in [-0.05, 0) is 25.9 Å². The van der Waals surface area contributed by atoms with Gasteiger partial charge in [0.15, 0.2) is 0 Å². The molecule has 0 aliphatic carbocycles. The summed E-state index contributed by atoms with van der Waals surface area (Å²) in [5.74, 6) is -0.0162. The van der Waals surface area contributed by atoms with E-state index in [2.05, 4.69) is 10.6 Å². The third-order valence-corrected chi connectivity index (χ3v) is 4.71. The van der Waals surface area contributed by atoms with Crippen LogP contribution in [-0.4, -0.2) is 76.4 Å². The SMILES string of the molecule is COCC1(CNC(=O)CCC(=O)N2CCOCC2)CCNCC1. The summed E-state index contributed by atoms with van der Waals surface area (Å²) in [5, 5.41) is 6.33. The predicted molar refractivity (Wildman–Crippen MR) is 86.1 cm³/mol. The molecule has 0 radical (unpaired) electrons. The number of nitrogens with zero attached hydrogens (tertiary/aromatic N) is 1. The Morgan fingerprint density at radius 1 is 1.22 bits per heavy atom. The van der Waals surface area contributed by atoms with E-state index in [0.717, 1.165) is 25.9 Å². The molecule has 0 atom stereocenters. The average Bonchev–Trinajstić information content (AvgIpc) is 2.60. The van der Waals surface area contributed by atoms with Crippen molar-refractivity contribution in [2.24, 2.45) is 5.41 Å². The molecule has 0 bridgehead atoms. The van der Waals surface area contributed by atoms with Gasteiger partial charge in [0.2, 0.25) is 11.8 Å². The molecule has 2 heterocycles. The van der Waals surface area contributed by atoms with Gasteiger partial charge in [0, 0.05) is 45.0 Å². The summed E-state index contributed by atoms with van der Waals surface area (Å²) in [4.78, 5) is 25.9. The first-order valence-corrected chi connectivity index (χ1v) is 8.47. The van der Waals surface area contributed by atoms with Gasteiger partial charge in [0.1, 0.15) is 0 Å². The highest BCUT2D eigenvalue weighted by Crippen LogP contribution is 2.28. The lowest BCUT2D eigenvalue weighted by atomic mass is 9.79. The first-order valence-electron chi connectivity index (χ1n) is 8.47. The quantitative estimate of drug-likeness (QED) is 0.674. The van der Waals surface area contributed by atoms with E-state index in [9.17, 15) is 9.59 Å². The van der Waals surface area contributed by atoms with E-state index in [1.54, 1.807) is 12.0 Å². The summed E-state index contributed by atoms with van der Waals surface area (Å²) < 4.78 is 10.6. The molecule has 2 N–H and O–H groups in total. The molecule has 2 saturated heterocycles. The van der Waals surface area contributed by atoms with Crippen molar-refractivity contribution < 1.29 is 19.1 Å². The number of hydrogen-bond donors (Lipinski definition) is 2. The Bertz CT molecular complexity index is 385. The number of ether oxygens (including phenoxy) is 2. The van der Waals surface area contributed by atoms with Crippen molar-refractivity contribution in [1.29, 1.82) is 0 Å². The van der Waals surface area contributed by atoms with Gasteiger partial charge in [-0.2, -0.15) is 0 Å². The van der Waals surface area contributed by atoms with Crippen LogP contribution in [0.25, 0.3) is 0 Å². The Hall–Kier alpha value is -1.18. The van der Waals surface area contributed by atoms with Crippen molar-refractivity contribution in [2.45, 2.75) is 25.7 Å². The highest BCUT2D eigenvalue weighted by atomic mass is 16.5. The number of carbonyl (C=O) groups is 2. The highest BCUT2D eigenvalue weighted by molar-refractivity contribution is 5.83. The molecule has 2 rings (SSSR count). The molecule has 0 spiro atoms. The second-order valence-corrected chi connectivity index (χ2v) is 6.45. The predicted octanol–water partition coefficient (Wildman–Crippen LogP) is -0.242. The Morgan fingerprint density at radius 3 is 2.57 bits per heavy atom. The Morgan fingerprint density at radius 2 is 1.91 bits per heavy atom. The molecule has 0 aromatic rings. The molecule has 23 heavy (non-hydrogen) atoms. The van der Waals surface area contributed by atoms with Crippen molar-refractivity contribution >= 4 is 11.8 Å². The first kappa shape index (κ1) is 18.2. The molecule has 7 nitrogen and oxygen atoms in total. The van der Waals surface area contributed by atoms with Crippen LogP contribution in [0, 0.1) is 5.41 Å². The molecule has 0 unspecified atom stereocenters. The topological polar surface area (TPSA) is 79.9 Å². The van der Waals surface area contributed by atoms with Crippen molar-refractivity contribution in [1.82, 2.24) is 15.5 Å². The lowest BCUT2D eigenvalue weighted by molar-refractivity contribution is -0.137. The fourth-order valence-corrected chi connectivity index (χ4v) is 3.20. The van der Waals surface area contributed by atoms with Gasteiger partial charge >= 0.3 is 0 Å². The van der Waals surface area contributed by atoms with Crippen LogP contribution in [0.4, 0.5) is 0 Å². The minimum atomic E-state index is -0.0550. The van der Waals surface area contributed by atoms with Gasteiger partial charge in [0.05, 0.1) is 19.8 Å². The minimum absolute atomic E-state index is 0.0177. The van der Waals surface area contributed by atoms with E-state index >= 15 is 0 Å². The van der Waals surface area contributed by atoms with Gasteiger partial charge in [-0.3, -0.25) is 9.59 Å². The van der Waals surface area contributed by atoms with Crippen molar-refractivity contribution in [3.05, 3.63) is 0 Å². The number of nitrogens with one attached hydrogen (secondary N) is 2. The number of hydrogen-bond acceptors (Lipinski definition) is 5. The fourth-order valence-electron chi connectivity index (χ4n) is 3.20. The summed E-state index contributed by atoms with van der Waals surface area (Å²) in [5.41, 5.74) is 0.0177. The van der Waals surface area contributed by atoms with Gasteiger partial charge in [-0.15, -0.1) is 0 Å². The molecule has 7 heteroatoms. The van der Waals surface area contributed by atoms with Crippen LogP contribution in [0.15, 0.2) is 0 Å². The summed E-state index contributed by atoms with van der Waals surface area (Å²) >= 11 is 0. The molecule has 0 aromatic carbocycles. The molecule has 2 amide bonds. The molecular weight excluding hydrogens is 298 g/mol. The monoisotopic (exact) mass is 327 g/mol. The van der Waals surface area contributed by atoms with E-state index in [1.807, 2.05) is 0 Å². The maximum absolute atomic E-state index is 12.1. The lowest BCUT2D eigenvalue weighted by Crippen LogP contribution is -2.47. The zero-order chi connectivity index (χ0) is 16.5. The van der Waals surface area contributed by atoms with E-state index in [0.29, 0.717) is 39.5 Å². The standard InChI is InChI=1S/C16H29N3O4/c1-22-13-16(4-6-17-7-5-16)12-18-14(20)2-3-15(21)19-8-10-23-11-9-19/h17H,2-13H2,1H3,(H,18,20).